The fourth-order valence-corrected chi connectivity index (χ4v) is 4.46. The molecule has 0 unspecified atom stereocenters. The molecule has 0 saturated heterocycles. The molecule has 9 nitrogen and oxygen atoms in total. The van der Waals surface area contributed by atoms with Crippen molar-refractivity contribution >= 4 is 28.6 Å². The van der Waals surface area contributed by atoms with Crippen LogP contribution < -0.4 is 16.3 Å². The molecule has 31 heavy (non-hydrogen) atoms. The van der Waals surface area contributed by atoms with Crippen LogP contribution in [0.4, 0.5) is 0 Å². The minimum absolute atomic E-state index is 0.0271. The molecule has 0 aliphatic heterocycles. The molecular weight excluding hydrogens is 396 g/mol. The third kappa shape index (κ3) is 4.22. The van der Waals surface area contributed by atoms with Crippen molar-refractivity contribution in [2.45, 2.75) is 71.6 Å². The molecule has 1 fully saturated rings. The van der Waals surface area contributed by atoms with E-state index < -0.39 is 5.69 Å². The van der Waals surface area contributed by atoms with Crippen LogP contribution in [0.5, 0.6) is 0 Å². The molecule has 0 radical (unpaired) electrons. The number of imidazole rings is 1. The predicted molar refractivity (Wildman–Crippen MR) is 118 cm³/mol. The monoisotopic (exact) mass is 426 g/mol. The van der Waals surface area contributed by atoms with Gasteiger partial charge >= 0.3 is 5.69 Å². The Morgan fingerprint density at radius 3 is 2.52 bits per heavy atom. The summed E-state index contributed by atoms with van der Waals surface area (Å²) in [5.41, 5.74) is 1.02. The fourth-order valence-electron chi connectivity index (χ4n) is 4.46. The third-order valence-electron chi connectivity index (χ3n) is 5.98. The molecular formula is C22H30N6O3. The van der Waals surface area contributed by atoms with Crippen LogP contribution in [0.1, 0.15) is 46.5 Å². The molecule has 1 aliphatic rings. The molecule has 2 amide bonds. The van der Waals surface area contributed by atoms with E-state index in [4.69, 9.17) is 0 Å². The number of carbonyl (C=O) groups excluding carboxylic acids is 2. The lowest BCUT2D eigenvalue weighted by Gasteiger charge is -2.29. The van der Waals surface area contributed by atoms with Crippen LogP contribution in [-0.4, -0.2) is 42.6 Å². The van der Waals surface area contributed by atoms with E-state index in [1.807, 2.05) is 38.1 Å². The first-order chi connectivity index (χ1) is 14.8. The topological polar surface area (TPSA) is 102 Å². The van der Waals surface area contributed by atoms with E-state index in [0.29, 0.717) is 17.2 Å². The second-order valence-corrected chi connectivity index (χ2v) is 8.81. The van der Waals surface area contributed by atoms with Crippen molar-refractivity contribution < 1.29 is 9.59 Å². The summed E-state index contributed by atoms with van der Waals surface area (Å²) < 4.78 is 4.36. The summed E-state index contributed by atoms with van der Waals surface area (Å²) in [6.07, 6.45) is 4.46. The minimum Gasteiger partial charge on any atom is -0.352 e. The normalized spacial score (nSPS) is 19.2. The Balaban J connectivity index is 1.66. The van der Waals surface area contributed by atoms with E-state index in [0.717, 1.165) is 29.5 Å². The maximum Gasteiger partial charge on any atom is 0.352 e. The first kappa shape index (κ1) is 21.1. The van der Waals surface area contributed by atoms with E-state index >= 15 is 0 Å². The molecule has 2 atom stereocenters. The number of benzene rings is 1. The van der Waals surface area contributed by atoms with Gasteiger partial charge in [0.05, 0.1) is 11.0 Å². The zero-order valence-electron chi connectivity index (χ0n) is 18.3. The molecule has 2 N–H and O–H groups in total. The van der Waals surface area contributed by atoms with Crippen molar-refractivity contribution in [3.05, 3.63) is 34.7 Å². The van der Waals surface area contributed by atoms with Gasteiger partial charge in [0.15, 0.2) is 0 Å². The lowest BCUT2D eigenvalue weighted by Crippen LogP contribution is -2.42. The Hall–Kier alpha value is -3.10. The maximum absolute atomic E-state index is 13.0. The van der Waals surface area contributed by atoms with Gasteiger partial charge in [-0.1, -0.05) is 31.9 Å². The van der Waals surface area contributed by atoms with E-state index in [1.54, 1.807) is 4.57 Å². The average Bonchev–Trinajstić information content (AvgIpc) is 3.18. The standard InChI is InChI=1S/C22H30N6O3/c1-14(2)23-20(30)13-27-22(31)28-18-11-7-6-10-17(18)26(21(28)25-27)12-19(29)24-16-9-5-4-8-15(16)3/h6-7,10-11,14-16H,4-5,8-9,12-13H2,1-3H3,(H,23,30)(H,24,29)/t15-,16-/m1/s1. The van der Waals surface area contributed by atoms with Gasteiger partial charge < -0.3 is 10.6 Å². The summed E-state index contributed by atoms with van der Waals surface area (Å²) >= 11 is 0. The van der Waals surface area contributed by atoms with Crippen LogP contribution >= 0.6 is 0 Å². The third-order valence-corrected chi connectivity index (χ3v) is 5.98. The summed E-state index contributed by atoms with van der Waals surface area (Å²) in [6, 6.07) is 7.55. The average molecular weight is 427 g/mol. The Morgan fingerprint density at radius 1 is 1.10 bits per heavy atom. The number of amides is 2. The quantitative estimate of drug-likeness (QED) is 0.626. The first-order valence-electron chi connectivity index (χ1n) is 11.0. The minimum atomic E-state index is -0.398. The number of rotatable bonds is 6. The largest absolute Gasteiger partial charge is 0.352 e. The van der Waals surface area contributed by atoms with Crippen LogP contribution in [0.2, 0.25) is 0 Å². The van der Waals surface area contributed by atoms with Gasteiger partial charge in [-0.3, -0.25) is 14.2 Å². The highest BCUT2D eigenvalue weighted by atomic mass is 16.2. The van der Waals surface area contributed by atoms with Gasteiger partial charge in [-0.15, -0.1) is 5.10 Å². The Bertz CT molecular complexity index is 1170. The SMILES string of the molecule is CC(C)NC(=O)Cn1nc2n(CC(=O)N[C@@H]3CCCC[C@H]3C)c3ccccc3n2c1=O. The number of carbonyl (C=O) groups is 2. The zero-order chi connectivity index (χ0) is 22.1. The van der Waals surface area contributed by atoms with Crippen LogP contribution in [0.25, 0.3) is 16.8 Å². The van der Waals surface area contributed by atoms with Gasteiger partial charge in [-0.05, 0) is 44.7 Å². The zero-order valence-corrected chi connectivity index (χ0v) is 18.3. The van der Waals surface area contributed by atoms with E-state index in [1.165, 1.54) is 10.8 Å². The summed E-state index contributed by atoms with van der Waals surface area (Å²) in [7, 11) is 0. The van der Waals surface area contributed by atoms with E-state index in [9.17, 15) is 14.4 Å². The number of fused-ring (bicyclic) bond motifs is 3. The highest BCUT2D eigenvalue weighted by Gasteiger charge is 2.25. The molecule has 0 spiro atoms. The number of hydrogen-bond donors (Lipinski definition) is 2. The van der Waals surface area contributed by atoms with Crippen molar-refractivity contribution in [3.8, 4) is 0 Å². The smallest absolute Gasteiger partial charge is 0.352 e. The highest BCUT2D eigenvalue weighted by molar-refractivity contribution is 5.84. The first-order valence-corrected chi connectivity index (χ1v) is 11.0. The van der Waals surface area contributed by atoms with Gasteiger partial charge in [0.1, 0.15) is 13.1 Å². The second kappa shape index (κ2) is 8.56. The van der Waals surface area contributed by atoms with Gasteiger partial charge in [-0.25, -0.2) is 13.9 Å². The second-order valence-electron chi connectivity index (χ2n) is 8.81. The highest BCUT2D eigenvalue weighted by Crippen LogP contribution is 2.24. The number of nitrogens with one attached hydrogen (secondary N) is 2. The molecule has 2 heterocycles. The Morgan fingerprint density at radius 2 is 1.81 bits per heavy atom. The molecule has 1 aromatic carbocycles. The summed E-state index contributed by atoms with van der Waals surface area (Å²) in [5, 5.41) is 10.3. The molecule has 2 aromatic heterocycles. The summed E-state index contributed by atoms with van der Waals surface area (Å²) in [6.45, 7) is 5.79. The predicted octanol–water partition coefficient (Wildman–Crippen LogP) is 1.67. The van der Waals surface area contributed by atoms with Crippen molar-refractivity contribution in [3.63, 3.8) is 0 Å². The molecule has 9 heteroatoms. The van der Waals surface area contributed by atoms with Crippen molar-refractivity contribution in [1.82, 2.24) is 29.4 Å². The van der Waals surface area contributed by atoms with Crippen LogP contribution in [0.3, 0.4) is 0 Å². The van der Waals surface area contributed by atoms with Crippen LogP contribution in [0, 0.1) is 5.92 Å². The van der Waals surface area contributed by atoms with Crippen LogP contribution in [-0.2, 0) is 22.7 Å². The number of nitrogens with zero attached hydrogens (tertiary/aromatic N) is 4. The molecule has 1 aliphatic carbocycles. The lowest BCUT2D eigenvalue weighted by molar-refractivity contribution is -0.123. The van der Waals surface area contributed by atoms with E-state index in [2.05, 4.69) is 22.7 Å². The summed E-state index contributed by atoms with van der Waals surface area (Å²) in [5.74, 6) is 0.440. The van der Waals surface area contributed by atoms with Crippen LogP contribution in [0.15, 0.2) is 29.1 Å². The fraction of sp³-hybridized carbons (Fsp3) is 0.545. The molecule has 0 bridgehead atoms. The van der Waals surface area contributed by atoms with Gasteiger partial charge in [0.25, 0.3) is 0 Å². The van der Waals surface area contributed by atoms with Gasteiger partial charge in [0.2, 0.25) is 17.6 Å². The number of para-hydroxylation sites is 2. The Kier molecular flexibility index (Phi) is 5.84. The molecule has 1 saturated carbocycles. The lowest BCUT2D eigenvalue weighted by atomic mass is 9.86. The molecule has 4 rings (SSSR count). The van der Waals surface area contributed by atoms with E-state index in [-0.39, 0.29) is 37.0 Å². The summed E-state index contributed by atoms with van der Waals surface area (Å²) in [4.78, 5) is 38.0. The van der Waals surface area contributed by atoms with Crippen molar-refractivity contribution in [1.29, 1.82) is 0 Å². The number of hydrogen-bond acceptors (Lipinski definition) is 4. The van der Waals surface area contributed by atoms with Gasteiger partial charge in [-0.2, -0.15) is 0 Å². The van der Waals surface area contributed by atoms with Crippen molar-refractivity contribution in [2.75, 3.05) is 0 Å². The maximum atomic E-state index is 13.0. The van der Waals surface area contributed by atoms with Gasteiger partial charge in [0, 0.05) is 12.1 Å². The number of aromatic nitrogens is 4. The Labute approximate surface area is 180 Å². The van der Waals surface area contributed by atoms with Crippen molar-refractivity contribution in [2.24, 2.45) is 5.92 Å². The molecule has 166 valence electrons. The molecule has 3 aromatic rings.